The number of aryl methyl sites for hydroxylation is 2. The quantitative estimate of drug-likeness (QED) is 0.577. The zero-order chi connectivity index (χ0) is 16.7. The molecule has 0 fully saturated rings. The fourth-order valence-electron chi connectivity index (χ4n) is 2.14. The van der Waals surface area contributed by atoms with E-state index in [1.165, 1.54) is 5.56 Å². The van der Waals surface area contributed by atoms with Crippen LogP contribution in [0.25, 0.3) is 0 Å². The molecule has 4 nitrogen and oxygen atoms in total. The van der Waals surface area contributed by atoms with Crippen LogP contribution in [0.1, 0.15) is 17.7 Å². The van der Waals surface area contributed by atoms with Gasteiger partial charge in [-0.05, 0) is 37.5 Å². The van der Waals surface area contributed by atoms with Crippen LogP contribution in [0.2, 0.25) is 10.2 Å². The van der Waals surface area contributed by atoms with E-state index in [4.69, 9.17) is 35.4 Å². The monoisotopic (exact) mass is 370 g/mol. The van der Waals surface area contributed by atoms with Crippen molar-refractivity contribution < 1.29 is 0 Å². The second-order valence-corrected chi connectivity index (χ2v) is 6.33. The van der Waals surface area contributed by atoms with Gasteiger partial charge in [-0.1, -0.05) is 53.5 Å². The van der Waals surface area contributed by atoms with Gasteiger partial charge in [0.25, 0.3) is 0 Å². The molecule has 2 aromatic rings. The molecule has 0 unspecified atom stereocenters. The number of nitrogens with one attached hydrogen (secondary N) is 2. The molecule has 0 bridgehead atoms. The Hall–Kier alpha value is -1.30. The molecule has 0 saturated heterocycles. The second kappa shape index (κ2) is 9.11. The summed E-state index contributed by atoms with van der Waals surface area (Å²) < 4.78 is 1.72. The smallest absolute Gasteiger partial charge is 0.166 e. The highest BCUT2D eigenvalue weighted by Crippen LogP contribution is 2.24. The Labute approximate surface area is 152 Å². The Kier molecular flexibility index (Phi) is 7.15. The normalized spacial score (nSPS) is 10.6. The van der Waals surface area contributed by atoms with Crippen molar-refractivity contribution in [2.75, 3.05) is 13.1 Å². The van der Waals surface area contributed by atoms with E-state index in [0.29, 0.717) is 21.8 Å². The molecule has 0 radical (unpaired) electrons. The molecule has 0 aliphatic heterocycles. The molecule has 1 aromatic heterocycles. The van der Waals surface area contributed by atoms with Gasteiger partial charge in [0.1, 0.15) is 10.2 Å². The number of hydrogen-bond donors (Lipinski definition) is 2. The summed E-state index contributed by atoms with van der Waals surface area (Å²) in [7, 11) is 0. The average molecular weight is 371 g/mol. The van der Waals surface area contributed by atoms with Gasteiger partial charge in [-0.3, -0.25) is 4.68 Å². The third-order valence-corrected chi connectivity index (χ3v) is 4.59. The molecular weight excluding hydrogens is 351 g/mol. The molecule has 1 aromatic carbocycles. The lowest BCUT2D eigenvalue weighted by Crippen LogP contribution is -2.37. The van der Waals surface area contributed by atoms with Crippen LogP contribution >= 0.6 is 35.4 Å². The zero-order valence-electron chi connectivity index (χ0n) is 13.0. The Morgan fingerprint density at radius 1 is 1.17 bits per heavy atom. The van der Waals surface area contributed by atoms with E-state index in [1.807, 2.05) is 25.1 Å². The molecular formula is C16H20Cl2N4S. The minimum atomic E-state index is 0.493. The van der Waals surface area contributed by atoms with E-state index < -0.39 is 0 Å². The number of rotatable bonds is 7. The van der Waals surface area contributed by atoms with Crippen molar-refractivity contribution >= 4 is 40.5 Å². The number of nitrogens with zero attached hydrogens (tertiary/aromatic N) is 2. The Morgan fingerprint density at radius 3 is 2.52 bits per heavy atom. The van der Waals surface area contributed by atoms with Gasteiger partial charge < -0.3 is 10.6 Å². The Balaban J connectivity index is 1.60. The first-order valence-electron chi connectivity index (χ1n) is 7.52. The molecule has 124 valence electrons. The molecule has 2 rings (SSSR count). The van der Waals surface area contributed by atoms with Gasteiger partial charge in [-0.2, -0.15) is 5.10 Å². The minimum Gasteiger partial charge on any atom is -0.363 e. The molecule has 0 spiro atoms. The van der Waals surface area contributed by atoms with Crippen molar-refractivity contribution in [3.8, 4) is 0 Å². The molecule has 23 heavy (non-hydrogen) atoms. The molecule has 1 heterocycles. The van der Waals surface area contributed by atoms with Gasteiger partial charge in [0.15, 0.2) is 5.11 Å². The van der Waals surface area contributed by atoms with Crippen LogP contribution in [-0.2, 0) is 13.0 Å². The number of aromatic nitrogens is 2. The average Bonchev–Trinajstić information content (AvgIpc) is 2.80. The summed E-state index contributed by atoms with van der Waals surface area (Å²) in [4.78, 5) is 0. The van der Waals surface area contributed by atoms with Gasteiger partial charge in [0, 0.05) is 19.6 Å². The van der Waals surface area contributed by atoms with E-state index in [2.05, 4.69) is 27.9 Å². The number of thiocarbonyl (C=S) groups is 1. The van der Waals surface area contributed by atoms with Crippen LogP contribution in [0.5, 0.6) is 0 Å². The topological polar surface area (TPSA) is 41.9 Å². The molecule has 7 heteroatoms. The van der Waals surface area contributed by atoms with E-state index in [0.717, 1.165) is 31.6 Å². The van der Waals surface area contributed by atoms with Crippen molar-refractivity contribution in [3.63, 3.8) is 0 Å². The highest BCUT2D eigenvalue weighted by atomic mass is 35.5. The number of halogens is 2. The summed E-state index contributed by atoms with van der Waals surface area (Å²) in [5.41, 5.74) is 2.05. The summed E-state index contributed by atoms with van der Waals surface area (Å²) in [5.74, 6) is 0. The van der Waals surface area contributed by atoms with Crippen LogP contribution in [0.4, 0.5) is 0 Å². The zero-order valence-corrected chi connectivity index (χ0v) is 15.3. The van der Waals surface area contributed by atoms with Gasteiger partial charge in [0.2, 0.25) is 0 Å². The first-order valence-corrected chi connectivity index (χ1v) is 8.68. The summed E-state index contributed by atoms with van der Waals surface area (Å²) in [6.45, 7) is 4.11. The summed E-state index contributed by atoms with van der Waals surface area (Å²) in [6.07, 6.45) is 1.81. The maximum absolute atomic E-state index is 6.09. The summed E-state index contributed by atoms with van der Waals surface area (Å²) in [5, 5.41) is 12.4. The van der Waals surface area contributed by atoms with Gasteiger partial charge >= 0.3 is 0 Å². The molecule has 0 saturated carbocycles. The minimum absolute atomic E-state index is 0.493. The largest absolute Gasteiger partial charge is 0.363 e. The maximum Gasteiger partial charge on any atom is 0.166 e. The first-order chi connectivity index (χ1) is 11.1. The molecule has 0 atom stereocenters. The third kappa shape index (κ3) is 5.68. The Bertz CT molecular complexity index is 643. The molecule has 2 N–H and O–H groups in total. The predicted molar refractivity (Wildman–Crippen MR) is 100 cm³/mol. The highest BCUT2D eigenvalue weighted by Gasteiger charge is 2.10. The van der Waals surface area contributed by atoms with Crippen LogP contribution in [0.15, 0.2) is 30.3 Å². The van der Waals surface area contributed by atoms with Crippen LogP contribution < -0.4 is 10.6 Å². The number of benzene rings is 1. The third-order valence-electron chi connectivity index (χ3n) is 3.37. The van der Waals surface area contributed by atoms with Crippen LogP contribution in [0.3, 0.4) is 0 Å². The lowest BCUT2D eigenvalue weighted by Gasteiger charge is -2.10. The fourth-order valence-corrected chi connectivity index (χ4v) is 2.74. The molecule has 0 aliphatic carbocycles. The van der Waals surface area contributed by atoms with Crippen molar-refractivity contribution in [1.29, 1.82) is 0 Å². The second-order valence-electron chi connectivity index (χ2n) is 5.19. The lowest BCUT2D eigenvalue weighted by molar-refractivity contribution is 0.569. The highest BCUT2D eigenvalue weighted by molar-refractivity contribution is 7.80. The van der Waals surface area contributed by atoms with Crippen molar-refractivity contribution in [2.45, 2.75) is 26.3 Å². The van der Waals surface area contributed by atoms with Gasteiger partial charge in [-0.15, -0.1) is 0 Å². The van der Waals surface area contributed by atoms with Crippen LogP contribution in [0, 0.1) is 6.92 Å². The SMILES string of the molecule is Cc1nn(CCCNC(=S)NCCc2ccccc2)c(Cl)c1Cl. The standard InChI is InChI=1S/C16H20Cl2N4S/c1-12-14(17)15(18)22(21-12)11-5-9-19-16(23)20-10-8-13-6-3-2-4-7-13/h2-4,6-7H,5,8-11H2,1H3,(H2,19,20,23). The van der Waals surface area contributed by atoms with Crippen molar-refractivity contribution in [3.05, 3.63) is 51.8 Å². The lowest BCUT2D eigenvalue weighted by atomic mass is 10.1. The van der Waals surface area contributed by atoms with Crippen molar-refractivity contribution in [2.24, 2.45) is 0 Å². The van der Waals surface area contributed by atoms with E-state index in [1.54, 1.807) is 4.68 Å². The van der Waals surface area contributed by atoms with Gasteiger partial charge in [-0.25, -0.2) is 0 Å². The predicted octanol–water partition coefficient (Wildman–Crippen LogP) is 3.60. The summed E-state index contributed by atoms with van der Waals surface area (Å²) >= 11 is 17.4. The summed E-state index contributed by atoms with van der Waals surface area (Å²) in [6, 6.07) is 10.3. The van der Waals surface area contributed by atoms with E-state index in [9.17, 15) is 0 Å². The number of hydrogen-bond acceptors (Lipinski definition) is 2. The van der Waals surface area contributed by atoms with Gasteiger partial charge in [0.05, 0.1) is 5.69 Å². The molecule has 0 amide bonds. The van der Waals surface area contributed by atoms with E-state index in [-0.39, 0.29) is 0 Å². The van der Waals surface area contributed by atoms with E-state index >= 15 is 0 Å². The van der Waals surface area contributed by atoms with Crippen LogP contribution in [-0.4, -0.2) is 28.0 Å². The maximum atomic E-state index is 6.09. The van der Waals surface area contributed by atoms with Crippen molar-refractivity contribution in [1.82, 2.24) is 20.4 Å². The molecule has 0 aliphatic rings. The first kappa shape index (κ1) is 18.0. The Morgan fingerprint density at radius 2 is 1.87 bits per heavy atom. The fraction of sp³-hybridized carbons (Fsp3) is 0.375.